The third-order valence-electron chi connectivity index (χ3n) is 4.27. The van der Waals surface area contributed by atoms with E-state index in [1.807, 2.05) is 25.8 Å². The van der Waals surface area contributed by atoms with Crippen molar-refractivity contribution >= 4 is 11.9 Å². The molecular formula is C16H23N7O3. The average Bonchev–Trinajstić information content (AvgIpc) is 2.92. The van der Waals surface area contributed by atoms with E-state index in [1.165, 1.54) is 7.11 Å². The van der Waals surface area contributed by atoms with Gasteiger partial charge in [0.1, 0.15) is 0 Å². The van der Waals surface area contributed by atoms with E-state index in [4.69, 9.17) is 9.47 Å². The Morgan fingerprint density at radius 3 is 2.58 bits per heavy atom. The fourth-order valence-electron chi connectivity index (χ4n) is 2.81. The number of anilines is 1. The van der Waals surface area contributed by atoms with Gasteiger partial charge in [-0.1, -0.05) is 0 Å². The van der Waals surface area contributed by atoms with E-state index >= 15 is 0 Å². The SMILES string of the molecule is COc1nc(CNC(=O)c2c(C)nn(C)c2C)nc(N2CCOCC2)n1. The van der Waals surface area contributed by atoms with E-state index in [0.29, 0.717) is 49.3 Å². The van der Waals surface area contributed by atoms with Crippen molar-refractivity contribution in [3.05, 3.63) is 22.8 Å². The van der Waals surface area contributed by atoms with Gasteiger partial charge in [0.25, 0.3) is 5.91 Å². The van der Waals surface area contributed by atoms with E-state index in [2.05, 4.69) is 25.4 Å². The van der Waals surface area contributed by atoms with Gasteiger partial charge in [0.2, 0.25) is 5.95 Å². The monoisotopic (exact) mass is 361 g/mol. The molecule has 0 saturated carbocycles. The van der Waals surface area contributed by atoms with Crippen molar-refractivity contribution < 1.29 is 14.3 Å². The Labute approximate surface area is 151 Å². The normalized spacial score (nSPS) is 14.4. The quantitative estimate of drug-likeness (QED) is 0.793. The van der Waals surface area contributed by atoms with Gasteiger partial charge in [-0.15, -0.1) is 0 Å². The van der Waals surface area contributed by atoms with E-state index < -0.39 is 0 Å². The molecule has 1 fully saturated rings. The molecule has 3 heterocycles. The van der Waals surface area contributed by atoms with Crippen LogP contribution in [0.15, 0.2) is 0 Å². The van der Waals surface area contributed by atoms with E-state index in [0.717, 1.165) is 5.69 Å². The summed E-state index contributed by atoms with van der Waals surface area (Å²) in [6.07, 6.45) is 0. The summed E-state index contributed by atoms with van der Waals surface area (Å²) < 4.78 is 12.2. The smallest absolute Gasteiger partial charge is 0.321 e. The van der Waals surface area contributed by atoms with Crippen molar-refractivity contribution in [1.29, 1.82) is 0 Å². The second-order valence-electron chi connectivity index (χ2n) is 5.99. The first-order chi connectivity index (χ1) is 12.5. The van der Waals surface area contributed by atoms with Gasteiger partial charge in [0, 0.05) is 25.8 Å². The summed E-state index contributed by atoms with van der Waals surface area (Å²) >= 11 is 0. The Bertz CT molecular complexity index is 799. The van der Waals surface area contributed by atoms with Gasteiger partial charge in [-0.05, 0) is 13.8 Å². The number of amides is 1. The number of hydrogen-bond donors (Lipinski definition) is 1. The summed E-state index contributed by atoms with van der Waals surface area (Å²) in [5.74, 6) is 0.754. The Kier molecular flexibility index (Phi) is 5.31. The lowest BCUT2D eigenvalue weighted by molar-refractivity contribution is 0.0948. The van der Waals surface area contributed by atoms with E-state index in [-0.39, 0.29) is 18.5 Å². The molecule has 1 N–H and O–H groups in total. The summed E-state index contributed by atoms with van der Waals surface area (Å²) in [6, 6.07) is 0.222. The van der Waals surface area contributed by atoms with Crippen LogP contribution in [-0.4, -0.2) is 64.1 Å². The maximum Gasteiger partial charge on any atom is 0.321 e. The summed E-state index contributed by atoms with van der Waals surface area (Å²) in [4.78, 5) is 27.5. The third-order valence-corrected chi connectivity index (χ3v) is 4.27. The topological polar surface area (TPSA) is 107 Å². The minimum Gasteiger partial charge on any atom is -0.467 e. The molecule has 1 aliphatic rings. The number of carbonyl (C=O) groups excluding carboxylic acids is 1. The minimum atomic E-state index is -0.208. The molecule has 0 aliphatic carbocycles. The molecule has 0 radical (unpaired) electrons. The van der Waals surface area contributed by atoms with Gasteiger partial charge in [0.05, 0.1) is 38.1 Å². The van der Waals surface area contributed by atoms with Crippen LogP contribution in [0.25, 0.3) is 0 Å². The van der Waals surface area contributed by atoms with Crippen molar-refractivity contribution in [2.45, 2.75) is 20.4 Å². The fourth-order valence-corrected chi connectivity index (χ4v) is 2.81. The molecule has 10 heteroatoms. The predicted molar refractivity (Wildman–Crippen MR) is 93.3 cm³/mol. The molecule has 0 unspecified atom stereocenters. The largest absolute Gasteiger partial charge is 0.467 e. The molecule has 0 atom stereocenters. The van der Waals surface area contributed by atoms with Gasteiger partial charge in [-0.2, -0.15) is 20.1 Å². The number of methoxy groups -OCH3 is 1. The highest BCUT2D eigenvalue weighted by atomic mass is 16.5. The first kappa shape index (κ1) is 18.1. The summed E-state index contributed by atoms with van der Waals surface area (Å²) in [5.41, 5.74) is 2.06. The van der Waals surface area contributed by atoms with Crippen LogP contribution in [0.5, 0.6) is 6.01 Å². The molecule has 140 valence electrons. The van der Waals surface area contributed by atoms with E-state index in [9.17, 15) is 4.79 Å². The summed E-state index contributed by atoms with van der Waals surface area (Å²) in [6.45, 7) is 6.49. The van der Waals surface area contributed by atoms with Gasteiger partial charge in [-0.25, -0.2) is 0 Å². The lowest BCUT2D eigenvalue weighted by Gasteiger charge is -2.26. The first-order valence-electron chi connectivity index (χ1n) is 8.39. The molecule has 0 bridgehead atoms. The predicted octanol–water partition coefficient (Wildman–Crippen LogP) is -0.00286. The second kappa shape index (κ2) is 7.65. The van der Waals surface area contributed by atoms with E-state index in [1.54, 1.807) is 4.68 Å². The Morgan fingerprint density at radius 1 is 1.23 bits per heavy atom. The molecule has 2 aromatic rings. The van der Waals surface area contributed by atoms with Crippen molar-refractivity contribution in [1.82, 2.24) is 30.0 Å². The first-order valence-corrected chi connectivity index (χ1v) is 8.39. The highest BCUT2D eigenvalue weighted by molar-refractivity contribution is 5.96. The lowest BCUT2D eigenvalue weighted by Crippen LogP contribution is -2.37. The van der Waals surface area contributed by atoms with Crippen LogP contribution in [0.1, 0.15) is 27.6 Å². The zero-order valence-electron chi connectivity index (χ0n) is 15.4. The number of aromatic nitrogens is 5. The number of nitrogens with zero attached hydrogens (tertiary/aromatic N) is 6. The molecule has 1 saturated heterocycles. The van der Waals surface area contributed by atoms with Crippen LogP contribution in [0.2, 0.25) is 0 Å². The van der Waals surface area contributed by atoms with Crippen LogP contribution in [0.3, 0.4) is 0 Å². The number of aryl methyl sites for hydroxylation is 2. The van der Waals surface area contributed by atoms with Crippen LogP contribution >= 0.6 is 0 Å². The molecule has 1 amide bonds. The zero-order valence-corrected chi connectivity index (χ0v) is 15.4. The molecule has 0 aromatic carbocycles. The number of carbonyl (C=O) groups is 1. The van der Waals surface area contributed by atoms with Crippen LogP contribution in [0, 0.1) is 13.8 Å². The van der Waals surface area contributed by atoms with Crippen molar-refractivity contribution in [3.63, 3.8) is 0 Å². The zero-order chi connectivity index (χ0) is 18.7. The minimum absolute atomic E-state index is 0.169. The van der Waals surface area contributed by atoms with Crippen LogP contribution < -0.4 is 15.0 Å². The molecule has 0 spiro atoms. The number of hydrogen-bond acceptors (Lipinski definition) is 8. The Hall–Kier alpha value is -2.75. The van der Waals surface area contributed by atoms with Crippen LogP contribution in [-0.2, 0) is 18.3 Å². The van der Waals surface area contributed by atoms with Gasteiger partial charge < -0.3 is 19.7 Å². The number of rotatable bonds is 5. The summed E-state index contributed by atoms with van der Waals surface area (Å²) in [7, 11) is 3.31. The third kappa shape index (κ3) is 3.74. The highest BCUT2D eigenvalue weighted by Gasteiger charge is 2.19. The molecule has 1 aliphatic heterocycles. The maximum atomic E-state index is 12.5. The number of ether oxygens (including phenoxy) is 2. The second-order valence-corrected chi connectivity index (χ2v) is 5.99. The Balaban J connectivity index is 1.75. The molecule has 3 rings (SSSR count). The van der Waals surface area contributed by atoms with Gasteiger partial charge in [0.15, 0.2) is 5.82 Å². The van der Waals surface area contributed by atoms with Gasteiger partial charge >= 0.3 is 6.01 Å². The highest BCUT2D eigenvalue weighted by Crippen LogP contribution is 2.15. The fraction of sp³-hybridized carbons (Fsp3) is 0.562. The standard InChI is InChI=1S/C16H23N7O3/c1-10-13(11(2)22(3)21-10)14(24)17-9-12-18-15(20-16(19-12)25-4)23-5-7-26-8-6-23/h5-9H2,1-4H3,(H,17,24). The Morgan fingerprint density at radius 2 is 1.96 bits per heavy atom. The number of morpholine rings is 1. The number of nitrogens with one attached hydrogen (secondary N) is 1. The van der Waals surface area contributed by atoms with Crippen molar-refractivity contribution in [3.8, 4) is 6.01 Å². The van der Waals surface area contributed by atoms with Crippen LogP contribution in [0.4, 0.5) is 5.95 Å². The maximum absolute atomic E-state index is 12.5. The summed E-state index contributed by atoms with van der Waals surface area (Å²) in [5, 5.41) is 7.11. The average molecular weight is 361 g/mol. The van der Waals surface area contributed by atoms with Crippen molar-refractivity contribution in [2.75, 3.05) is 38.3 Å². The molecule has 26 heavy (non-hydrogen) atoms. The van der Waals surface area contributed by atoms with Crippen molar-refractivity contribution in [2.24, 2.45) is 7.05 Å². The molecular weight excluding hydrogens is 338 g/mol. The molecule has 10 nitrogen and oxygen atoms in total. The molecule has 2 aromatic heterocycles. The van der Waals surface area contributed by atoms with Gasteiger partial charge in [-0.3, -0.25) is 9.48 Å². The lowest BCUT2D eigenvalue weighted by atomic mass is 10.2.